The summed E-state index contributed by atoms with van der Waals surface area (Å²) in [6.45, 7) is 3.91. The molecule has 3 aromatic heterocycles. The van der Waals surface area contributed by atoms with Gasteiger partial charge in [0.05, 0.1) is 11.5 Å². The number of hydrogen-bond acceptors (Lipinski definition) is 8. The maximum Gasteiger partial charge on any atom is 0.284 e. The first-order valence-corrected chi connectivity index (χ1v) is 7.00. The minimum Gasteiger partial charge on any atom is -0.459 e. The van der Waals surface area contributed by atoms with Crippen LogP contribution in [0.3, 0.4) is 0 Å². The van der Waals surface area contributed by atoms with Crippen molar-refractivity contribution >= 4 is 11.8 Å². The summed E-state index contributed by atoms with van der Waals surface area (Å²) in [5.74, 6) is 2.13. The Kier molecular flexibility index (Phi) is 3.55. The minimum atomic E-state index is -0.0623. The number of furan rings is 1. The molecule has 0 saturated carbocycles. The van der Waals surface area contributed by atoms with Gasteiger partial charge in [-0.15, -0.1) is 10.2 Å². The Balaban J connectivity index is 1.71. The van der Waals surface area contributed by atoms with Crippen molar-refractivity contribution in [2.24, 2.45) is 0 Å². The van der Waals surface area contributed by atoms with Gasteiger partial charge in [0.15, 0.2) is 11.6 Å². The van der Waals surface area contributed by atoms with Crippen molar-refractivity contribution in [2.75, 3.05) is 0 Å². The number of hydrogen-bond donors (Lipinski definition) is 0. The van der Waals surface area contributed by atoms with Crippen LogP contribution in [0.25, 0.3) is 11.7 Å². The zero-order valence-electron chi connectivity index (χ0n) is 10.9. The Hall–Kier alpha value is -2.09. The molecule has 0 spiro atoms. The number of rotatable bonds is 5. The molecule has 0 unspecified atom stereocenters. The van der Waals surface area contributed by atoms with E-state index in [2.05, 4.69) is 20.3 Å². The molecule has 0 aromatic carbocycles. The average Bonchev–Trinajstić information content (AvgIpc) is 3.19. The normalized spacial score (nSPS) is 12.7. The molecular formula is C12H12N4O3S. The van der Waals surface area contributed by atoms with Gasteiger partial charge in [-0.1, -0.05) is 23.8 Å². The van der Waals surface area contributed by atoms with Crippen molar-refractivity contribution in [3.05, 3.63) is 30.1 Å². The molecule has 8 heteroatoms. The van der Waals surface area contributed by atoms with E-state index in [1.165, 1.54) is 11.8 Å². The molecular weight excluding hydrogens is 280 g/mol. The van der Waals surface area contributed by atoms with E-state index in [1.54, 1.807) is 18.4 Å². The summed E-state index contributed by atoms with van der Waals surface area (Å²) < 4.78 is 15.9. The molecule has 0 fully saturated rings. The first-order chi connectivity index (χ1) is 9.76. The molecule has 0 N–H and O–H groups in total. The van der Waals surface area contributed by atoms with Gasteiger partial charge in [0.1, 0.15) is 0 Å². The summed E-state index contributed by atoms with van der Waals surface area (Å²) in [5.41, 5.74) is 0. The Labute approximate surface area is 118 Å². The van der Waals surface area contributed by atoms with Gasteiger partial charge in [0.2, 0.25) is 5.89 Å². The Morgan fingerprint density at radius 3 is 2.95 bits per heavy atom. The van der Waals surface area contributed by atoms with Crippen LogP contribution >= 0.6 is 11.8 Å². The molecule has 0 radical (unpaired) electrons. The lowest BCUT2D eigenvalue weighted by molar-refractivity contribution is 0.374. The first kappa shape index (κ1) is 12.9. The Morgan fingerprint density at radius 2 is 2.25 bits per heavy atom. The Morgan fingerprint density at radius 1 is 1.35 bits per heavy atom. The summed E-state index contributed by atoms with van der Waals surface area (Å²) in [7, 11) is 0. The summed E-state index contributed by atoms with van der Waals surface area (Å²) in [4.78, 5) is 4.27. The van der Waals surface area contributed by atoms with E-state index in [-0.39, 0.29) is 5.25 Å². The predicted molar refractivity (Wildman–Crippen MR) is 69.9 cm³/mol. The van der Waals surface area contributed by atoms with E-state index < -0.39 is 0 Å². The third-order valence-electron chi connectivity index (χ3n) is 2.56. The molecule has 3 heterocycles. The van der Waals surface area contributed by atoms with Crippen LogP contribution in [-0.2, 0) is 6.42 Å². The molecule has 0 aliphatic rings. The monoisotopic (exact) mass is 292 g/mol. The van der Waals surface area contributed by atoms with Gasteiger partial charge in [-0.2, -0.15) is 4.98 Å². The second-order valence-corrected chi connectivity index (χ2v) is 5.30. The fourth-order valence-electron chi connectivity index (χ4n) is 1.54. The van der Waals surface area contributed by atoms with Crippen LogP contribution in [0, 0.1) is 0 Å². The maximum absolute atomic E-state index is 5.51. The highest BCUT2D eigenvalue weighted by Gasteiger charge is 2.19. The third-order valence-corrected chi connectivity index (χ3v) is 3.49. The van der Waals surface area contributed by atoms with Crippen molar-refractivity contribution in [1.29, 1.82) is 0 Å². The van der Waals surface area contributed by atoms with Gasteiger partial charge < -0.3 is 13.4 Å². The molecule has 3 aromatic rings. The predicted octanol–water partition coefficient (Wildman–Crippen LogP) is 3.13. The summed E-state index contributed by atoms with van der Waals surface area (Å²) in [6, 6.07) is 3.52. The average molecular weight is 292 g/mol. The van der Waals surface area contributed by atoms with Crippen molar-refractivity contribution in [3.8, 4) is 11.7 Å². The topological polar surface area (TPSA) is 91.0 Å². The first-order valence-electron chi connectivity index (χ1n) is 6.12. The molecule has 0 bridgehead atoms. The van der Waals surface area contributed by atoms with Gasteiger partial charge in [-0.25, -0.2) is 0 Å². The van der Waals surface area contributed by atoms with Gasteiger partial charge in [0.25, 0.3) is 11.1 Å². The highest BCUT2D eigenvalue weighted by atomic mass is 32.2. The largest absolute Gasteiger partial charge is 0.459 e. The fourth-order valence-corrected chi connectivity index (χ4v) is 2.25. The van der Waals surface area contributed by atoms with Crippen LogP contribution in [0.2, 0.25) is 0 Å². The lowest BCUT2D eigenvalue weighted by Crippen LogP contribution is -1.90. The van der Waals surface area contributed by atoms with E-state index in [9.17, 15) is 0 Å². The molecule has 0 saturated heterocycles. The van der Waals surface area contributed by atoms with Crippen LogP contribution < -0.4 is 0 Å². The molecule has 0 aliphatic carbocycles. The smallest absolute Gasteiger partial charge is 0.284 e. The van der Waals surface area contributed by atoms with Crippen LogP contribution in [0.4, 0.5) is 0 Å². The fraction of sp³-hybridized carbons (Fsp3) is 0.333. The molecule has 104 valence electrons. The summed E-state index contributed by atoms with van der Waals surface area (Å²) >= 11 is 1.36. The Bertz CT molecular complexity index is 677. The highest BCUT2D eigenvalue weighted by molar-refractivity contribution is 7.99. The molecule has 20 heavy (non-hydrogen) atoms. The van der Waals surface area contributed by atoms with Gasteiger partial charge in [0, 0.05) is 6.42 Å². The zero-order valence-corrected chi connectivity index (χ0v) is 11.8. The quantitative estimate of drug-likeness (QED) is 0.662. The van der Waals surface area contributed by atoms with Crippen molar-refractivity contribution in [1.82, 2.24) is 20.3 Å². The second kappa shape index (κ2) is 5.49. The lowest BCUT2D eigenvalue weighted by Gasteiger charge is -2.00. The van der Waals surface area contributed by atoms with Crippen LogP contribution in [-0.4, -0.2) is 20.3 Å². The minimum absolute atomic E-state index is 0.0623. The summed E-state index contributed by atoms with van der Waals surface area (Å²) in [6.07, 6.45) is 2.30. The molecule has 3 rings (SSSR count). The van der Waals surface area contributed by atoms with Crippen LogP contribution in [0.1, 0.15) is 30.8 Å². The number of nitrogens with zero attached hydrogens (tertiary/aromatic N) is 4. The van der Waals surface area contributed by atoms with E-state index in [0.29, 0.717) is 28.6 Å². The molecule has 0 amide bonds. The molecule has 0 aliphatic heterocycles. The standard InChI is InChI=1S/C12H12N4O3S/c1-3-9-13-10(19-16-9)7(2)20-12-15-14-11(18-12)8-5-4-6-17-8/h4-7H,3H2,1-2H3/t7-/m0/s1. The second-order valence-electron chi connectivity index (χ2n) is 4.01. The van der Waals surface area contributed by atoms with Gasteiger partial charge >= 0.3 is 0 Å². The van der Waals surface area contributed by atoms with E-state index in [0.717, 1.165) is 6.42 Å². The SMILES string of the molecule is CCc1noc([C@H](C)Sc2nnc(-c3ccco3)o2)n1. The summed E-state index contributed by atoms with van der Waals surface area (Å²) in [5, 5.41) is 12.1. The zero-order chi connectivity index (χ0) is 13.9. The number of aryl methyl sites for hydroxylation is 1. The van der Waals surface area contributed by atoms with Crippen LogP contribution in [0.5, 0.6) is 0 Å². The van der Waals surface area contributed by atoms with Crippen molar-refractivity contribution in [3.63, 3.8) is 0 Å². The van der Waals surface area contributed by atoms with Crippen molar-refractivity contribution in [2.45, 2.75) is 30.7 Å². The highest BCUT2D eigenvalue weighted by Crippen LogP contribution is 2.34. The lowest BCUT2D eigenvalue weighted by atomic mass is 10.4. The van der Waals surface area contributed by atoms with Gasteiger partial charge in [-0.05, 0) is 19.1 Å². The maximum atomic E-state index is 5.51. The van der Waals surface area contributed by atoms with E-state index in [1.807, 2.05) is 13.8 Å². The van der Waals surface area contributed by atoms with Gasteiger partial charge in [-0.3, -0.25) is 0 Å². The van der Waals surface area contributed by atoms with E-state index >= 15 is 0 Å². The third kappa shape index (κ3) is 2.60. The number of aromatic nitrogens is 4. The molecule has 7 nitrogen and oxygen atoms in total. The molecule has 1 atom stereocenters. The van der Waals surface area contributed by atoms with Crippen LogP contribution in [0.15, 0.2) is 37.0 Å². The van der Waals surface area contributed by atoms with E-state index in [4.69, 9.17) is 13.4 Å². The number of thioether (sulfide) groups is 1. The van der Waals surface area contributed by atoms with Crippen molar-refractivity contribution < 1.29 is 13.4 Å².